The van der Waals surface area contributed by atoms with Crippen molar-refractivity contribution >= 4 is 11.7 Å². The average molecular weight is 287 g/mol. The van der Waals surface area contributed by atoms with Crippen LogP contribution in [0.4, 0.5) is 0 Å². The van der Waals surface area contributed by atoms with Crippen LogP contribution in [0.2, 0.25) is 0 Å². The van der Waals surface area contributed by atoms with E-state index < -0.39 is 0 Å². The zero-order valence-corrected chi connectivity index (χ0v) is 13.1. The summed E-state index contributed by atoms with van der Waals surface area (Å²) in [5.41, 5.74) is 3.01. The van der Waals surface area contributed by atoms with E-state index in [1.54, 1.807) is 0 Å². The zero-order chi connectivity index (χ0) is 15.2. The van der Waals surface area contributed by atoms with Crippen LogP contribution in [0.15, 0.2) is 18.2 Å². The number of carbonyl (C=O) groups excluding carboxylic acids is 2. The summed E-state index contributed by atoms with van der Waals surface area (Å²) in [6.45, 7) is 4.03. The van der Waals surface area contributed by atoms with E-state index in [1.807, 2.05) is 32.0 Å². The topological polar surface area (TPSA) is 46.2 Å². The Labute approximate surface area is 127 Å². The third-order valence-corrected chi connectivity index (χ3v) is 4.38. The van der Waals surface area contributed by atoms with Crippen LogP contribution in [0.1, 0.15) is 66.4 Å². The Morgan fingerprint density at radius 2 is 1.76 bits per heavy atom. The number of benzene rings is 1. The van der Waals surface area contributed by atoms with E-state index in [0.717, 1.165) is 18.4 Å². The first-order chi connectivity index (χ1) is 10.1. The lowest BCUT2D eigenvalue weighted by atomic mass is 9.95. The number of Topliss-reactive ketones (excluding diaryl/α,β-unsaturated/α-hetero) is 1. The highest BCUT2D eigenvalue weighted by Gasteiger charge is 2.16. The molecule has 21 heavy (non-hydrogen) atoms. The summed E-state index contributed by atoms with van der Waals surface area (Å²) in [6, 6.07) is 6.05. The molecule has 0 atom stereocenters. The fourth-order valence-electron chi connectivity index (χ4n) is 2.83. The number of nitrogens with one attached hydrogen (secondary N) is 1. The molecule has 1 N–H and O–H groups in total. The van der Waals surface area contributed by atoms with Gasteiger partial charge in [-0.1, -0.05) is 31.4 Å². The lowest BCUT2D eigenvalue weighted by molar-refractivity contribution is -0.121. The molecule has 1 aliphatic rings. The van der Waals surface area contributed by atoms with E-state index in [0.29, 0.717) is 24.4 Å². The Hall–Kier alpha value is -1.64. The molecule has 3 nitrogen and oxygen atoms in total. The van der Waals surface area contributed by atoms with Gasteiger partial charge in [0.15, 0.2) is 5.78 Å². The highest BCUT2D eigenvalue weighted by Crippen LogP contribution is 2.18. The minimum atomic E-state index is 0.0130. The molecule has 0 aromatic heterocycles. The molecule has 0 bridgehead atoms. The van der Waals surface area contributed by atoms with Crippen LogP contribution >= 0.6 is 0 Å². The maximum atomic E-state index is 12.1. The summed E-state index contributed by atoms with van der Waals surface area (Å²) in [5.74, 6) is 0.0657. The van der Waals surface area contributed by atoms with Gasteiger partial charge in [0, 0.05) is 24.4 Å². The molecule has 114 valence electrons. The Morgan fingerprint density at radius 1 is 1.05 bits per heavy atom. The predicted octanol–water partition coefficient (Wildman–Crippen LogP) is 3.72. The Morgan fingerprint density at radius 3 is 2.43 bits per heavy atom. The van der Waals surface area contributed by atoms with Crippen molar-refractivity contribution in [3.63, 3.8) is 0 Å². The minimum absolute atomic E-state index is 0.0130. The molecule has 1 fully saturated rings. The molecule has 1 aromatic carbocycles. The van der Waals surface area contributed by atoms with Crippen molar-refractivity contribution in [3.8, 4) is 0 Å². The Bertz CT molecular complexity index is 516. The summed E-state index contributed by atoms with van der Waals surface area (Å²) in [7, 11) is 0. The van der Waals surface area contributed by atoms with Crippen LogP contribution in [0, 0.1) is 13.8 Å². The first-order valence-corrected chi connectivity index (χ1v) is 7.96. The quantitative estimate of drug-likeness (QED) is 0.839. The van der Waals surface area contributed by atoms with Crippen molar-refractivity contribution in [2.24, 2.45) is 0 Å². The highest BCUT2D eigenvalue weighted by atomic mass is 16.2. The van der Waals surface area contributed by atoms with Gasteiger partial charge in [-0.3, -0.25) is 9.59 Å². The summed E-state index contributed by atoms with van der Waals surface area (Å²) in [4.78, 5) is 24.0. The van der Waals surface area contributed by atoms with Crippen LogP contribution in [0.3, 0.4) is 0 Å². The molecule has 3 heteroatoms. The largest absolute Gasteiger partial charge is 0.353 e. The maximum absolute atomic E-state index is 12.1. The first-order valence-electron chi connectivity index (χ1n) is 7.96. The third kappa shape index (κ3) is 4.69. The number of amides is 1. The van der Waals surface area contributed by atoms with Gasteiger partial charge in [0.2, 0.25) is 5.91 Å². The first kappa shape index (κ1) is 15.7. The van der Waals surface area contributed by atoms with Gasteiger partial charge >= 0.3 is 0 Å². The van der Waals surface area contributed by atoms with E-state index in [-0.39, 0.29) is 11.7 Å². The molecule has 2 rings (SSSR count). The lowest BCUT2D eigenvalue weighted by Gasteiger charge is -2.22. The van der Waals surface area contributed by atoms with Crippen LogP contribution < -0.4 is 5.32 Å². The number of rotatable bonds is 5. The van der Waals surface area contributed by atoms with Gasteiger partial charge in [-0.15, -0.1) is 0 Å². The molecular formula is C18H25NO2. The summed E-state index contributed by atoms with van der Waals surface area (Å²) in [6.07, 6.45) is 6.42. The summed E-state index contributed by atoms with van der Waals surface area (Å²) >= 11 is 0. The molecule has 0 aliphatic heterocycles. The van der Waals surface area contributed by atoms with Gasteiger partial charge in [0.05, 0.1) is 0 Å². The van der Waals surface area contributed by atoms with E-state index in [4.69, 9.17) is 0 Å². The molecule has 0 saturated heterocycles. The smallest absolute Gasteiger partial charge is 0.220 e. The van der Waals surface area contributed by atoms with Crippen molar-refractivity contribution in [2.75, 3.05) is 0 Å². The lowest BCUT2D eigenvalue weighted by Crippen LogP contribution is -2.36. The monoisotopic (exact) mass is 287 g/mol. The second kappa shape index (κ2) is 7.39. The fourth-order valence-corrected chi connectivity index (χ4v) is 2.83. The molecular weight excluding hydrogens is 262 g/mol. The van der Waals surface area contributed by atoms with Gasteiger partial charge in [-0.25, -0.2) is 0 Å². The molecule has 1 amide bonds. The molecule has 1 saturated carbocycles. The Kier molecular flexibility index (Phi) is 5.54. The number of hydrogen-bond acceptors (Lipinski definition) is 2. The normalized spacial score (nSPS) is 15.7. The summed E-state index contributed by atoms with van der Waals surface area (Å²) in [5, 5.41) is 3.06. The minimum Gasteiger partial charge on any atom is -0.353 e. The van der Waals surface area contributed by atoms with Gasteiger partial charge in [0.25, 0.3) is 0 Å². The van der Waals surface area contributed by atoms with Gasteiger partial charge in [0.1, 0.15) is 0 Å². The van der Waals surface area contributed by atoms with Crippen LogP contribution in [0.25, 0.3) is 0 Å². The van der Waals surface area contributed by atoms with Crippen molar-refractivity contribution in [2.45, 2.75) is 64.8 Å². The second-order valence-corrected chi connectivity index (χ2v) is 6.12. The molecule has 0 radical (unpaired) electrons. The van der Waals surface area contributed by atoms with Crippen molar-refractivity contribution < 1.29 is 9.59 Å². The molecule has 1 aliphatic carbocycles. The van der Waals surface area contributed by atoms with E-state index >= 15 is 0 Å². The molecule has 0 heterocycles. The van der Waals surface area contributed by atoms with Crippen LogP contribution in [-0.4, -0.2) is 17.7 Å². The molecule has 1 aromatic rings. The molecule has 0 unspecified atom stereocenters. The average Bonchev–Trinajstić information content (AvgIpc) is 2.48. The molecule has 0 spiro atoms. The highest BCUT2D eigenvalue weighted by molar-refractivity contribution is 5.98. The third-order valence-electron chi connectivity index (χ3n) is 4.38. The zero-order valence-electron chi connectivity index (χ0n) is 13.1. The van der Waals surface area contributed by atoms with Crippen LogP contribution in [-0.2, 0) is 4.79 Å². The predicted molar refractivity (Wildman–Crippen MR) is 84.5 cm³/mol. The van der Waals surface area contributed by atoms with Crippen LogP contribution in [0.5, 0.6) is 0 Å². The van der Waals surface area contributed by atoms with Gasteiger partial charge in [-0.2, -0.15) is 0 Å². The standard InChI is InChI=1S/C18H25NO2/c1-13-8-9-15(12-14(13)2)17(20)10-11-18(21)19-16-6-4-3-5-7-16/h8-9,12,16H,3-7,10-11H2,1-2H3,(H,19,21). The Balaban J connectivity index is 1.80. The van der Waals surface area contributed by atoms with Crippen molar-refractivity contribution in [3.05, 3.63) is 34.9 Å². The fraction of sp³-hybridized carbons (Fsp3) is 0.556. The second-order valence-electron chi connectivity index (χ2n) is 6.12. The maximum Gasteiger partial charge on any atom is 0.220 e. The number of carbonyl (C=O) groups is 2. The number of hydrogen-bond donors (Lipinski definition) is 1. The van der Waals surface area contributed by atoms with Gasteiger partial charge in [-0.05, 0) is 43.9 Å². The van der Waals surface area contributed by atoms with Crippen molar-refractivity contribution in [1.29, 1.82) is 0 Å². The van der Waals surface area contributed by atoms with E-state index in [1.165, 1.54) is 24.8 Å². The van der Waals surface area contributed by atoms with Crippen molar-refractivity contribution in [1.82, 2.24) is 5.32 Å². The van der Waals surface area contributed by atoms with E-state index in [9.17, 15) is 9.59 Å². The number of aryl methyl sites for hydroxylation is 2. The van der Waals surface area contributed by atoms with Gasteiger partial charge < -0.3 is 5.32 Å². The SMILES string of the molecule is Cc1ccc(C(=O)CCC(=O)NC2CCCCC2)cc1C. The summed E-state index contributed by atoms with van der Waals surface area (Å²) < 4.78 is 0. The number of ketones is 1. The van der Waals surface area contributed by atoms with E-state index in [2.05, 4.69) is 5.32 Å².